The summed E-state index contributed by atoms with van der Waals surface area (Å²) in [6.07, 6.45) is 0. The van der Waals surface area contributed by atoms with Gasteiger partial charge >= 0.3 is 0 Å². The van der Waals surface area contributed by atoms with E-state index in [0.29, 0.717) is 11.8 Å². The van der Waals surface area contributed by atoms with E-state index in [0.717, 1.165) is 12.4 Å². The Morgan fingerprint density at radius 3 is 2.67 bits per heavy atom. The fourth-order valence-corrected chi connectivity index (χ4v) is 0.913. The van der Waals surface area contributed by atoms with Gasteiger partial charge in [0, 0.05) is 19.4 Å². The average Bonchev–Trinajstić information content (AvgIpc) is 2.36. The number of hydrogen-bond acceptors (Lipinski definition) is 4. The topological polar surface area (TPSA) is 51.0 Å². The summed E-state index contributed by atoms with van der Waals surface area (Å²) in [4.78, 5) is 4.11. The number of aryl methyl sites for hydroxylation is 1. The van der Waals surface area contributed by atoms with E-state index in [4.69, 9.17) is 4.52 Å². The fourth-order valence-electron chi connectivity index (χ4n) is 0.913. The molecule has 0 aliphatic carbocycles. The van der Waals surface area contributed by atoms with E-state index < -0.39 is 0 Å². The van der Waals surface area contributed by atoms with Gasteiger partial charge in [-0.15, -0.1) is 12.4 Å². The molecule has 0 aromatic carbocycles. The summed E-state index contributed by atoms with van der Waals surface area (Å²) in [6, 6.07) is 0. The van der Waals surface area contributed by atoms with Gasteiger partial charge in [0.05, 0.1) is 0 Å². The lowest BCUT2D eigenvalue weighted by Gasteiger charge is -2.03. The molecule has 70 valence electrons. The van der Waals surface area contributed by atoms with Gasteiger partial charge in [-0.3, -0.25) is 0 Å². The van der Waals surface area contributed by atoms with Crippen LogP contribution in [0, 0.1) is 6.92 Å². The number of nitrogens with zero attached hydrogens (tertiary/aromatic N) is 2. The third-order valence-electron chi connectivity index (χ3n) is 1.49. The first-order valence-corrected chi connectivity index (χ1v) is 3.69. The molecule has 0 aliphatic rings. The number of halogens is 1. The standard InChI is InChI=1S/C7H13N3O.ClH/c1-5(4-8-3)7-9-6(2)11-10-7;/h5,8H,4H2,1-3H3;1H. The molecule has 0 saturated heterocycles. The van der Waals surface area contributed by atoms with Crippen molar-refractivity contribution in [3.8, 4) is 0 Å². The number of likely N-dealkylation sites (N-methyl/N-ethyl adjacent to an activating group) is 1. The zero-order valence-corrected chi connectivity index (χ0v) is 8.31. The van der Waals surface area contributed by atoms with Crippen molar-refractivity contribution in [1.29, 1.82) is 0 Å². The van der Waals surface area contributed by atoms with E-state index in [1.54, 1.807) is 6.92 Å². The third-order valence-corrected chi connectivity index (χ3v) is 1.49. The quantitative estimate of drug-likeness (QED) is 0.778. The van der Waals surface area contributed by atoms with E-state index in [9.17, 15) is 0 Å². The molecule has 1 atom stereocenters. The van der Waals surface area contributed by atoms with Crippen LogP contribution in [0.5, 0.6) is 0 Å². The van der Waals surface area contributed by atoms with Crippen molar-refractivity contribution in [3.63, 3.8) is 0 Å². The molecule has 1 aromatic heterocycles. The van der Waals surface area contributed by atoms with Gasteiger partial charge in [0.1, 0.15) is 0 Å². The summed E-state index contributed by atoms with van der Waals surface area (Å²) < 4.78 is 4.84. The highest BCUT2D eigenvalue weighted by Crippen LogP contribution is 2.08. The zero-order chi connectivity index (χ0) is 8.27. The van der Waals surface area contributed by atoms with E-state index in [1.165, 1.54) is 0 Å². The molecule has 1 unspecified atom stereocenters. The zero-order valence-electron chi connectivity index (χ0n) is 7.50. The van der Waals surface area contributed by atoms with Crippen LogP contribution in [0.3, 0.4) is 0 Å². The van der Waals surface area contributed by atoms with Crippen LogP contribution in [-0.4, -0.2) is 23.7 Å². The van der Waals surface area contributed by atoms with Gasteiger partial charge < -0.3 is 9.84 Å². The SMILES string of the molecule is CNCC(C)c1noc(C)n1.Cl. The molecule has 0 amide bonds. The summed E-state index contributed by atoms with van der Waals surface area (Å²) in [5.74, 6) is 1.72. The first-order chi connectivity index (χ1) is 5.24. The Morgan fingerprint density at radius 1 is 1.58 bits per heavy atom. The Hall–Kier alpha value is -0.610. The lowest BCUT2D eigenvalue weighted by molar-refractivity contribution is 0.383. The second kappa shape index (κ2) is 5.11. The summed E-state index contributed by atoms with van der Waals surface area (Å²) in [5, 5.41) is 6.86. The molecule has 0 radical (unpaired) electrons. The summed E-state index contributed by atoms with van der Waals surface area (Å²) in [6.45, 7) is 4.72. The molecule has 0 spiro atoms. The molecule has 1 N–H and O–H groups in total. The number of nitrogens with one attached hydrogen (secondary N) is 1. The van der Waals surface area contributed by atoms with Crippen LogP contribution in [0.15, 0.2) is 4.52 Å². The molecule has 0 bridgehead atoms. The maximum Gasteiger partial charge on any atom is 0.223 e. The average molecular weight is 192 g/mol. The summed E-state index contributed by atoms with van der Waals surface area (Å²) >= 11 is 0. The van der Waals surface area contributed by atoms with Gasteiger partial charge in [-0.2, -0.15) is 4.98 Å². The first-order valence-electron chi connectivity index (χ1n) is 3.69. The van der Waals surface area contributed by atoms with Crippen LogP contribution < -0.4 is 5.32 Å². The molecule has 0 saturated carbocycles. The monoisotopic (exact) mass is 191 g/mol. The van der Waals surface area contributed by atoms with Gasteiger partial charge in [0.2, 0.25) is 5.89 Å². The van der Waals surface area contributed by atoms with E-state index in [-0.39, 0.29) is 12.4 Å². The maximum atomic E-state index is 4.84. The van der Waals surface area contributed by atoms with E-state index >= 15 is 0 Å². The van der Waals surface area contributed by atoms with Crippen LogP contribution in [0.1, 0.15) is 24.6 Å². The van der Waals surface area contributed by atoms with Crippen molar-refractivity contribution in [3.05, 3.63) is 11.7 Å². The van der Waals surface area contributed by atoms with Crippen molar-refractivity contribution in [1.82, 2.24) is 15.5 Å². The van der Waals surface area contributed by atoms with Crippen LogP contribution in [-0.2, 0) is 0 Å². The smallest absolute Gasteiger partial charge is 0.223 e. The maximum absolute atomic E-state index is 4.84. The second-order valence-electron chi connectivity index (χ2n) is 2.63. The van der Waals surface area contributed by atoms with Gasteiger partial charge in [-0.05, 0) is 7.05 Å². The first kappa shape index (κ1) is 11.4. The Balaban J connectivity index is 0.00000121. The fraction of sp³-hybridized carbons (Fsp3) is 0.714. The van der Waals surface area contributed by atoms with Crippen LogP contribution in [0.2, 0.25) is 0 Å². The van der Waals surface area contributed by atoms with Crippen molar-refractivity contribution < 1.29 is 4.52 Å². The van der Waals surface area contributed by atoms with Crippen molar-refractivity contribution in [2.24, 2.45) is 0 Å². The molecular weight excluding hydrogens is 178 g/mol. The molecule has 1 aromatic rings. The van der Waals surface area contributed by atoms with E-state index in [1.807, 2.05) is 7.05 Å². The molecule has 1 heterocycles. The highest BCUT2D eigenvalue weighted by atomic mass is 35.5. The van der Waals surface area contributed by atoms with Crippen LogP contribution >= 0.6 is 12.4 Å². The molecular formula is C7H14ClN3O. The lowest BCUT2D eigenvalue weighted by Crippen LogP contribution is -2.15. The minimum absolute atomic E-state index is 0. The minimum atomic E-state index is 0. The summed E-state index contributed by atoms with van der Waals surface area (Å²) in [5.41, 5.74) is 0. The number of rotatable bonds is 3. The molecule has 1 rings (SSSR count). The highest BCUT2D eigenvalue weighted by Gasteiger charge is 2.09. The molecule has 12 heavy (non-hydrogen) atoms. The van der Waals surface area contributed by atoms with E-state index in [2.05, 4.69) is 22.4 Å². The van der Waals surface area contributed by atoms with Gasteiger partial charge in [-0.25, -0.2) is 0 Å². The Bertz CT molecular complexity index is 226. The Labute approximate surface area is 78.1 Å². The van der Waals surface area contributed by atoms with Gasteiger partial charge in [-0.1, -0.05) is 12.1 Å². The molecule has 5 heteroatoms. The minimum Gasteiger partial charge on any atom is -0.340 e. The number of hydrogen-bond donors (Lipinski definition) is 1. The Kier molecular flexibility index (Phi) is 4.85. The highest BCUT2D eigenvalue weighted by molar-refractivity contribution is 5.85. The van der Waals surface area contributed by atoms with Crippen LogP contribution in [0.4, 0.5) is 0 Å². The normalized spacial score (nSPS) is 12.2. The largest absolute Gasteiger partial charge is 0.340 e. The third kappa shape index (κ3) is 2.79. The predicted molar refractivity (Wildman–Crippen MR) is 48.6 cm³/mol. The van der Waals surface area contributed by atoms with Gasteiger partial charge in [0.15, 0.2) is 5.82 Å². The predicted octanol–water partition coefficient (Wildman–Crippen LogP) is 1.12. The van der Waals surface area contributed by atoms with Crippen LogP contribution in [0.25, 0.3) is 0 Å². The molecule has 0 aliphatic heterocycles. The van der Waals surface area contributed by atoms with Crippen molar-refractivity contribution in [2.45, 2.75) is 19.8 Å². The molecule has 0 fully saturated rings. The van der Waals surface area contributed by atoms with Gasteiger partial charge in [0.25, 0.3) is 0 Å². The number of aromatic nitrogens is 2. The van der Waals surface area contributed by atoms with Crippen molar-refractivity contribution >= 4 is 12.4 Å². The summed E-state index contributed by atoms with van der Waals surface area (Å²) in [7, 11) is 1.91. The second-order valence-corrected chi connectivity index (χ2v) is 2.63. The Morgan fingerprint density at radius 2 is 2.25 bits per heavy atom. The lowest BCUT2D eigenvalue weighted by atomic mass is 10.2. The molecule has 4 nitrogen and oxygen atoms in total. The van der Waals surface area contributed by atoms with Crippen molar-refractivity contribution in [2.75, 3.05) is 13.6 Å².